The van der Waals surface area contributed by atoms with Gasteiger partial charge in [-0.2, -0.15) is 0 Å². The molecule has 0 saturated carbocycles. The van der Waals surface area contributed by atoms with E-state index in [1.165, 1.54) is 12.2 Å². The zero-order valence-corrected chi connectivity index (χ0v) is 18.9. The van der Waals surface area contributed by atoms with Crippen LogP contribution < -0.4 is 0 Å². The number of carboxylic acid groups (broad SMARTS) is 1. The third kappa shape index (κ3) is 14.4. The number of Topliss-reactive ketones (excluding diaryl/α,β-unsaturated/α-hetero) is 1. The van der Waals surface area contributed by atoms with Gasteiger partial charge in [0.2, 0.25) is 5.78 Å². The second-order valence-corrected chi connectivity index (χ2v) is 6.67. The van der Waals surface area contributed by atoms with Crippen molar-refractivity contribution in [1.82, 2.24) is 4.90 Å². The highest BCUT2D eigenvalue weighted by Gasteiger charge is 2.22. The van der Waals surface area contributed by atoms with Crippen molar-refractivity contribution in [2.75, 3.05) is 79.2 Å². The second kappa shape index (κ2) is 18.7. The molecule has 0 fully saturated rings. The van der Waals surface area contributed by atoms with Crippen LogP contribution in [0, 0.1) is 0 Å². The van der Waals surface area contributed by atoms with E-state index in [1.54, 1.807) is 0 Å². The summed E-state index contributed by atoms with van der Waals surface area (Å²) in [5.41, 5.74) is 0. The number of ketones is 1. The lowest BCUT2D eigenvalue weighted by molar-refractivity contribution is -0.151. The van der Waals surface area contributed by atoms with Crippen LogP contribution in [0.5, 0.6) is 0 Å². The summed E-state index contributed by atoms with van der Waals surface area (Å²) in [6.45, 7) is 3.53. The fourth-order valence-electron chi connectivity index (χ4n) is 2.40. The highest BCUT2D eigenvalue weighted by atomic mass is 16.6. The first-order valence-corrected chi connectivity index (χ1v) is 10.8. The monoisotopic (exact) mass is 489 g/mol. The molecule has 1 aliphatic rings. The summed E-state index contributed by atoms with van der Waals surface area (Å²) in [6.07, 6.45) is 1.79. The van der Waals surface area contributed by atoms with Crippen molar-refractivity contribution in [2.45, 2.75) is 12.8 Å². The topological polar surface area (TPSA) is 164 Å². The second-order valence-electron chi connectivity index (χ2n) is 6.67. The van der Waals surface area contributed by atoms with Gasteiger partial charge in [-0.05, 0) is 0 Å². The van der Waals surface area contributed by atoms with Gasteiger partial charge in [-0.3, -0.25) is 24.1 Å². The van der Waals surface area contributed by atoms with E-state index < -0.39 is 24.1 Å². The highest BCUT2D eigenvalue weighted by molar-refractivity contribution is 6.32. The van der Waals surface area contributed by atoms with Crippen molar-refractivity contribution in [1.29, 1.82) is 0 Å². The van der Waals surface area contributed by atoms with E-state index in [4.69, 9.17) is 33.5 Å². The van der Waals surface area contributed by atoms with E-state index in [0.29, 0.717) is 52.9 Å². The number of esters is 1. The summed E-state index contributed by atoms with van der Waals surface area (Å²) in [7, 11) is 0. The Morgan fingerprint density at radius 1 is 0.647 bits per heavy atom. The maximum absolute atomic E-state index is 11.3. The number of aliphatic carboxylic acids is 1. The Kier molecular flexibility index (Phi) is 16.1. The van der Waals surface area contributed by atoms with E-state index in [9.17, 15) is 24.0 Å². The number of hydrogen-bond donors (Lipinski definition) is 1. The first-order chi connectivity index (χ1) is 16.4. The molecule has 1 N–H and O–H groups in total. The first-order valence-electron chi connectivity index (χ1n) is 10.8. The van der Waals surface area contributed by atoms with Crippen LogP contribution in [0.4, 0.5) is 0 Å². The molecular weight excluding hydrogens is 458 g/mol. The fourth-order valence-corrected chi connectivity index (χ4v) is 2.40. The Bertz CT molecular complexity index is 675. The van der Waals surface area contributed by atoms with Gasteiger partial charge in [-0.15, -0.1) is 0 Å². The number of rotatable bonds is 22. The van der Waals surface area contributed by atoms with Crippen LogP contribution in [-0.4, -0.2) is 119 Å². The van der Waals surface area contributed by atoms with Crippen LogP contribution >= 0.6 is 0 Å². The molecule has 2 amide bonds. The molecule has 1 rings (SSSR count). The number of hydrogen-bond acceptors (Lipinski definition) is 11. The zero-order chi connectivity index (χ0) is 25.0. The standard InChI is InChI=1S/C21H31NO12/c23-17(21(27)28)1-4-20(26)34-16-15-33-14-13-32-12-11-31-10-9-30-8-7-29-6-5-22-18(24)2-3-19(22)25/h2-3H,1,4-16H2,(H,27,28). The lowest BCUT2D eigenvalue weighted by atomic mass is 10.2. The van der Waals surface area contributed by atoms with Crippen LogP contribution in [0.1, 0.15) is 12.8 Å². The van der Waals surface area contributed by atoms with Gasteiger partial charge in [0.05, 0.1) is 79.0 Å². The molecule has 0 aromatic rings. The number of carbonyl (C=O) groups excluding carboxylic acids is 4. The molecule has 13 nitrogen and oxygen atoms in total. The fraction of sp³-hybridized carbons (Fsp3) is 0.667. The predicted molar refractivity (Wildman–Crippen MR) is 113 cm³/mol. The van der Waals surface area contributed by atoms with Crippen LogP contribution in [0.15, 0.2) is 12.2 Å². The maximum atomic E-state index is 11.3. The molecule has 0 radical (unpaired) electrons. The lowest BCUT2D eigenvalue weighted by Crippen LogP contribution is -2.33. The Hall–Kier alpha value is -2.71. The van der Waals surface area contributed by atoms with Crippen molar-refractivity contribution >= 4 is 29.5 Å². The third-order valence-electron chi connectivity index (χ3n) is 4.13. The summed E-state index contributed by atoms with van der Waals surface area (Å²) < 4.78 is 31.3. The van der Waals surface area contributed by atoms with Crippen molar-refractivity contribution < 1.29 is 57.5 Å². The minimum Gasteiger partial charge on any atom is -0.476 e. The van der Waals surface area contributed by atoms with E-state index in [1.807, 2.05) is 0 Å². The van der Waals surface area contributed by atoms with E-state index >= 15 is 0 Å². The van der Waals surface area contributed by atoms with Gasteiger partial charge < -0.3 is 33.5 Å². The van der Waals surface area contributed by atoms with Crippen LogP contribution in [0.3, 0.4) is 0 Å². The quantitative estimate of drug-likeness (QED) is 0.0852. The van der Waals surface area contributed by atoms with Crippen molar-refractivity contribution in [3.05, 3.63) is 12.2 Å². The van der Waals surface area contributed by atoms with Crippen molar-refractivity contribution in [3.63, 3.8) is 0 Å². The molecule has 192 valence electrons. The van der Waals surface area contributed by atoms with E-state index in [2.05, 4.69) is 0 Å². The van der Waals surface area contributed by atoms with Gasteiger partial charge >= 0.3 is 11.9 Å². The Morgan fingerprint density at radius 3 is 1.50 bits per heavy atom. The zero-order valence-electron chi connectivity index (χ0n) is 18.9. The van der Waals surface area contributed by atoms with Gasteiger partial charge in [0.1, 0.15) is 6.61 Å². The largest absolute Gasteiger partial charge is 0.476 e. The average Bonchev–Trinajstić information content (AvgIpc) is 3.13. The summed E-state index contributed by atoms with van der Waals surface area (Å²) >= 11 is 0. The van der Waals surface area contributed by atoms with Gasteiger partial charge in [-0.25, -0.2) is 4.79 Å². The van der Waals surface area contributed by atoms with Crippen molar-refractivity contribution in [2.24, 2.45) is 0 Å². The van der Waals surface area contributed by atoms with Gasteiger partial charge in [0, 0.05) is 18.6 Å². The van der Waals surface area contributed by atoms with Gasteiger partial charge in [-0.1, -0.05) is 0 Å². The Balaban J connectivity index is 1.74. The van der Waals surface area contributed by atoms with E-state index in [-0.39, 0.29) is 44.6 Å². The smallest absolute Gasteiger partial charge is 0.372 e. The number of imide groups is 1. The molecule has 0 aliphatic carbocycles. The molecule has 0 aromatic heterocycles. The summed E-state index contributed by atoms with van der Waals surface area (Å²) in [5, 5.41) is 8.40. The van der Waals surface area contributed by atoms with Crippen LogP contribution in [0.2, 0.25) is 0 Å². The Labute approximate surface area is 196 Å². The summed E-state index contributed by atoms with van der Waals surface area (Å²) in [4.78, 5) is 56.2. The molecule has 0 atom stereocenters. The average molecular weight is 489 g/mol. The molecule has 0 aromatic carbocycles. The van der Waals surface area contributed by atoms with Crippen LogP contribution in [0.25, 0.3) is 0 Å². The highest BCUT2D eigenvalue weighted by Crippen LogP contribution is 2.02. The molecular formula is C21H31NO12. The molecule has 0 spiro atoms. The number of amides is 2. The molecule has 0 saturated heterocycles. The molecule has 34 heavy (non-hydrogen) atoms. The number of carboxylic acids is 1. The summed E-state index contributed by atoms with van der Waals surface area (Å²) in [6, 6.07) is 0. The van der Waals surface area contributed by atoms with Crippen LogP contribution in [-0.2, 0) is 52.4 Å². The lowest BCUT2D eigenvalue weighted by Gasteiger charge is -2.13. The number of ether oxygens (including phenoxy) is 6. The molecule has 0 bridgehead atoms. The third-order valence-corrected chi connectivity index (χ3v) is 4.13. The molecule has 13 heteroatoms. The number of nitrogens with zero attached hydrogens (tertiary/aromatic N) is 1. The van der Waals surface area contributed by atoms with Gasteiger partial charge in [0.25, 0.3) is 11.8 Å². The SMILES string of the molecule is O=C(CCC(=O)C(=O)O)OCCOCCOCCOCCOCCOCCN1C(=O)C=CC1=O. The predicted octanol–water partition coefficient (Wildman–Crippen LogP) is -1.03. The molecule has 0 unspecified atom stereocenters. The summed E-state index contributed by atoms with van der Waals surface area (Å²) in [5.74, 6) is -3.92. The molecule has 1 heterocycles. The van der Waals surface area contributed by atoms with Crippen molar-refractivity contribution in [3.8, 4) is 0 Å². The van der Waals surface area contributed by atoms with Gasteiger partial charge in [0.15, 0.2) is 0 Å². The van der Waals surface area contributed by atoms with E-state index in [0.717, 1.165) is 4.90 Å². The molecule has 1 aliphatic heterocycles. The maximum Gasteiger partial charge on any atom is 0.372 e. The Morgan fingerprint density at radius 2 is 1.06 bits per heavy atom. The first kappa shape index (κ1) is 29.3. The minimum absolute atomic E-state index is 0.00349. The minimum atomic E-state index is -1.57. The normalized spacial score (nSPS) is 13.0. The number of carbonyl (C=O) groups is 5.